The molecule has 0 aliphatic heterocycles. The molecule has 0 saturated heterocycles. The lowest BCUT2D eigenvalue weighted by Gasteiger charge is -2.10. The Morgan fingerprint density at radius 2 is 2.43 bits per heavy atom. The molecule has 0 aromatic carbocycles. The standard InChI is InChI=1S/C10H14FN3/c1-7(6-11)13-9-4-5-12-10(14-9)8-2-3-8/h4-5,7-8H,2-3,6H2,1H3,(H,12,13,14). The van der Waals surface area contributed by atoms with Crippen molar-refractivity contribution in [1.29, 1.82) is 0 Å². The molecule has 2 rings (SSSR count). The number of halogens is 1. The lowest BCUT2D eigenvalue weighted by atomic mass is 10.3. The fraction of sp³-hybridized carbons (Fsp3) is 0.600. The van der Waals surface area contributed by atoms with Gasteiger partial charge in [-0.1, -0.05) is 0 Å². The summed E-state index contributed by atoms with van der Waals surface area (Å²) in [6.45, 7) is 1.40. The minimum atomic E-state index is -0.386. The van der Waals surface area contributed by atoms with Crippen LogP contribution in [0.2, 0.25) is 0 Å². The van der Waals surface area contributed by atoms with Crippen LogP contribution in [0.5, 0.6) is 0 Å². The van der Waals surface area contributed by atoms with Gasteiger partial charge in [-0.25, -0.2) is 14.4 Å². The first-order valence-electron chi connectivity index (χ1n) is 4.95. The molecule has 1 aliphatic rings. The molecule has 1 aromatic rings. The fourth-order valence-corrected chi connectivity index (χ4v) is 1.28. The highest BCUT2D eigenvalue weighted by Crippen LogP contribution is 2.37. The van der Waals surface area contributed by atoms with Crippen LogP contribution in [0, 0.1) is 0 Å². The van der Waals surface area contributed by atoms with Gasteiger partial charge in [-0.15, -0.1) is 0 Å². The summed E-state index contributed by atoms with van der Waals surface area (Å²) in [6, 6.07) is 1.59. The third-order valence-corrected chi connectivity index (χ3v) is 2.24. The van der Waals surface area contributed by atoms with E-state index in [1.807, 2.05) is 0 Å². The van der Waals surface area contributed by atoms with Crippen LogP contribution in [0.25, 0.3) is 0 Å². The van der Waals surface area contributed by atoms with E-state index in [0.717, 1.165) is 11.6 Å². The van der Waals surface area contributed by atoms with Gasteiger partial charge in [-0.2, -0.15) is 0 Å². The molecular weight excluding hydrogens is 181 g/mol. The quantitative estimate of drug-likeness (QED) is 0.799. The lowest BCUT2D eigenvalue weighted by molar-refractivity contribution is 0.459. The number of alkyl halides is 1. The Labute approximate surface area is 82.8 Å². The molecule has 0 spiro atoms. The highest BCUT2D eigenvalue weighted by molar-refractivity contribution is 5.34. The fourth-order valence-electron chi connectivity index (χ4n) is 1.28. The Kier molecular flexibility index (Phi) is 2.61. The average molecular weight is 195 g/mol. The van der Waals surface area contributed by atoms with Gasteiger partial charge in [0.05, 0.1) is 6.04 Å². The minimum Gasteiger partial charge on any atom is -0.365 e. The van der Waals surface area contributed by atoms with E-state index in [1.165, 1.54) is 12.8 Å². The van der Waals surface area contributed by atoms with Gasteiger partial charge >= 0.3 is 0 Å². The molecule has 1 aromatic heterocycles. The average Bonchev–Trinajstić information content (AvgIpc) is 3.01. The van der Waals surface area contributed by atoms with E-state index in [2.05, 4.69) is 15.3 Å². The van der Waals surface area contributed by atoms with Crippen LogP contribution in [0.3, 0.4) is 0 Å². The first kappa shape index (κ1) is 9.37. The highest BCUT2D eigenvalue weighted by atomic mass is 19.1. The van der Waals surface area contributed by atoms with E-state index in [1.54, 1.807) is 19.2 Å². The Morgan fingerprint density at radius 1 is 1.64 bits per heavy atom. The molecule has 1 heterocycles. The Morgan fingerprint density at radius 3 is 3.07 bits per heavy atom. The molecule has 14 heavy (non-hydrogen) atoms. The summed E-state index contributed by atoms with van der Waals surface area (Å²) < 4.78 is 12.2. The molecule has 4 heteroatoms. The van der Waals surface area contributed by atoms with Crippen LogP contribution < -0.4 is 5.32 Å². The molecule has 1 aliphatic carbocycles. The van der Waals surface area contributed by atoms with Crippen LogP contribution in [-0.2, 0) is 0 Å². The first-order valence-corrected chi connectivity index (χ1v) is 4.95. The third kappa shape index (κ3) is 2.19. The largest absolute Gasteiger partial charge is 0.365 e. The zero-order chi connectivity index (χ0) is 9.97. The number of aromatic nitrogens is 2. The molecule has 1 N–H and O–H groups in total. The Bertz CT molecular complexity index is 312. The van der Waals surface area contributed by atoms with Crippen molar-refractivity contribution < 1.29 is 4.39 Å². The second-order valence-electron chi connectivity index (χ2n) is 3.77. The van der Waals surface area contributed by atoms with Crippen molar-refractivity contribution in [1.82, 2.24) is 9.97 Å². The number of nitrogens with zero attached hydrogens (tertiary/aromatic N) is 2. The van der Waals surface area contributed by atoms with E-state index in [-0.39, 0.29) is 12.7 Å². The van der Waals surface area contributed by atoms with Gasteiger partial charge in [0, 0.05) is 12.1 Å². The van der Waals surface area contributed by atoms with Gasteiger partial charge in [-0.05, 0) is 25.8 Å². The molecular formula is C10H14FN3. The maximum atomic E-state index is 12.2. The van der Waals surface area contributed by atoms with Crippen LogP contribution in [0.1, 0.15) is 31.5 Å². The van der Waals surface area contributed by atoms with E-state index in [0.29, 0.717) is 5.92 Å². The highest BCUT2D eigenvalue weighted by Gasteiger charge is 2.26. The molecule has 0 amide bonds. The van der Waals surface area contributed by atoms with Gasteiger partial charge in [0.25, 0.3) is 0 Å². The van der Waals surface area contributed by atoms with Crippen molar-refractivity contribution in [2.75, 3.05) is 12.0 Å². The third-order valence-electron chi connectivity index (χ3n) is 2.24. The molecule has 76 valence electrons. The maximum Gasteiger partial charge on any atom is 0.133 e. The number of nitrogens with one attached hydrogen (secondary N) is 1. The summed E-state index contributed by atoms with van der Waals surface area (Å²) in [5.41, 5.74) is 0. The normalized spacial score (nSPS) is 17.9. The van der Waals surface area contributed by atoms with Gasteiger partial charge in [0.2, 0.25) is 0 Å². The van der Waals surface area contributed by atoms with Crippen LogP contribution >= 0.6 is 0 Å². The SMILES string of the molecule is CC(CF)Nc1ccnc(C2CC2)n1. The summed E-state index contributed by atoms with van der Waals surface area (Å²) in [4.78, 5) is 8.52. The summed E-state index contributed by atoms with van der Waals surface area (Å²) in [6.07, 6.45) is 4.10. The second kappa shape index (κ2) is 3.90. The number of anilines is 1. The zero-order valence-electron chi connectivity index (χ0n) is 8.20. The van der Waals surface area contributed by atoms with Gasteiger partial charge < -0.3 is 5.32 Å². The van der Waals surface area contributed by atoms with Crippen molar-refractivity contribution in [3.05, 3.63) is 18.1 Å². The Hall–Kier alpha value is -1.19. The predicted molar refractivity (Wildman–Crippen MR) is 53.1 cm³/mol. The summed E-state index contributed by atoms with van der Waals surface area (Å²) in [5, 5.41) is 2.99. The van der Waals surface area contributed by atoms with Crippen molar-refractivity contribution in [2.24, 2.45) is 0 Å². The molecule has 1 unspecified atom stereocenters. The van der Waals surface area contributed by atoms with Crippen LogP contribution in [0.4, 0.5) is 10.2 Å². The van der Waals surface area contributed by atoms with E-state index < -0.39 is 0 Å². The van der Waals surface area contributed by atoms with E-state index in [4.69, 9.17) is 0 Å². The summed E-state index contributed by atoms with van der Waals surface area (Å²) in [5.74, 6) is 2.16. The Balaban J connectivity index is 2.05. The monoisotopic (exact) mass is 195 g/mol. The molecule has 1 atom stereocenters. The molecule has 0 radical (unpaired) electrons. The van der Waals surface area contributed by atoms with Crippen molar-refractivity contribution >= 4 is 5.82 Å². The number of rotatable bonds is 4. The van der Waals surface area contributed by atoms with Gasteiger partial charge in [0.15, 0.2) is 0 Å². The number of hydrogen-bond acceptors (Lipinski definition) is 3. The van der Waals surface area contributed by atoms with E-state index in [9.17, 15) is 4.39 Å². The van der Waals surface area contributed by atoms with E-state index >= 15 is 0 Å². The van der Waals surface area contributed by atoms with Crippen LogP contribution in [-0.4, -0.2) is 22.7 Å². The van der Waals surface area contributed by atoms with Crippen molar-refractivity contribution in [2.45, 2.75) is 31.7 Å². The maximum absolute atomic E-state index is 12.2. The second-order valence-corrected chi connectivity index (χ2v) is 3.77. The summed E-state index contributed by atoms with van der Waals surface area (Å²) in [7, 11) is 0. The van der Waals surface area contributed by atoms with Crippen molar-refractivity contribution in [3.8, 4) is 0 Å². The first-order chi connectivity index (χ1) is 6.79. The zero-order valence-corrected chi connectivity index (χ0v) is 8.20. The lowest BCUT2D eigenvalue weighted by Crippen LogP contribution is -2.18. The topological polar surface area (TPSA) is 37.8 Å². The molecule has 3 nitrogen and oxygen atoms in total. The van der Waals surface area contributed by atoms with Crippen molar-refractivity contribution in [3.63, 3.8) is 0 Å². The van der Waals surface area contributed by atoms with Gasteiger partial charge in [-0.3, -0.25) is 0 Å². The van der Waals surface area contributed by atoms with Gasteiger partial charge in [0.1, 0.15) is 18.3 Å². The molecule has 1 fully saturated rings. The predicted octanol–water partition coefficient (Wildman–Crippen LogP) is 2.12. The molecule has 1 saturated carbocycles. The molecule has 0 bridgehead atoms. The number of hydrogen-bond donors (Lipinski definition) is 1. The smallest absolute Gasteiger partial charge is 0.133 e. The minimum absolute atomic E-state index is 0.183. The van der Waals surface area contributed by atoms with Crippen LogP contribution in [0.15, 0.2) is 12.3 Å². The summed E-state index contributed by atoms with van der Waals surface area (Å²) >= 11 is 0.